The highest BCUT2D eigenvalue weighted by molar-refractivity contribution is 6.29. The summed E-state index contributed by atoms with van der Waals surface area (Å²) in [6, 6.07) is 64.2. The van der Waals surface area contributed by atoms with E-state index in [4.69, 9.17) is 14.4 Å². The summed E-state index contributed by atoms with van der Waals surface area (Å²) in [5, 5.41) is 7.14. The number of fused-ring (bicyclic) bond motifs is 11. The molecule has 4 aromatic heterocycles. The van der Waals surface area contributed by atoms with E-state index in [9.17, 15) is 0 Å². The lowest BCUT2D eigenvalue weighted by Crippen LogP contribution is -1.98. The zero-order valence-electron chi connectivity index (χ0n) is 29.5. The highest BCUT2D eigenvalue weighted by Crippen LogP contribution is 2.43. The maximum atomic E-state index is 6.22. The van der Waals surface area contributed by atoms with E-state index in [2.05, 4.69) is 149 Å². The Morgan fingerprint density at radius 2 is 0.873 bits per heavy atom. The van der Waals surface area contributed by atoms with Gasteiger partial charge < -0.3 is 13.6 Å². The second-order valence-electron chi connectivity index (χ2n) is 14.2. The van der Waals surface area contributed by atoms with Crippen molar-refractivity contribution in [3.05, 3.63) is 182 Å². The van der Waals surface area contributed by atoms with Crippen molar-refractivity contribution in [1.29, 1.82) is 0 Å². The van der Waals surface area contributed by atoms with E-state index in [0.29, 0.717) is 0 Å². The number of furan rings is 1. The van der Waals surface area contributed by atoms with Gasteiger partial charge in [-0.05, 0) is 72.8 Å². The normalized spacial score (nSPS) is 12.0. The van der Waals surface area contributed by atoms with Gasteiger partial charge in [0.25, 0.3) is 0 Å². The van der Waals surface area contributed by atoms with Crippen molar-refractivity contribution in [3.8, 4) is 33.9 Å². The Hall–Kier alpha value is -7.50. The van der Waals surface area contributed by atoms with Gasteiger partial charge >= 0.3 is 0 Å². The van der Waals surface area contributed by atoms with Crippen LogP contribution in [0.15, 0.2) is 186 Å². The number of benzene rings is 8. The van der Waals surface area contributed by atoms with Crippen LogP contribution in [-0.4, -0.2) is 19.1 Å². The molecule has 0 radical (unpaired) electrons. The van der Waals surface area contributed by atoms with Gasteiger partial charge in [-0.2, -0.15) is 0 Å². The number of hydrogen-bond donors (Lipinski definition) is 0. The molecule has 0 atom stereocenters. The summed E-state index contributed by atoms with van der Waals surface area (Å²) in [6.45, 7) is 0. The highest BCUT2D eigenvalue weighted by Gasteiger charge is 2.22. The van der Waals surface area contributed by atoms with Crippen LogP contribution in [0, 0.1) is 0 Å². The lowest BCUT2D eigenvalue weighted by atomic mass is 10.0. The molecule has 0 fully saturated rings. The van der Waals surface area contributed by atoms with Crippen LogP contribution in [0.1, 0.15) is 0 Å². The van der Waals surface area contributed by atoms with Crippen LogP contribution in [0.4, 0.5) is 0 Å². The average Bonchev–Trinajstić information content (AvgIpc) is 3.91. The van der Waals surface area contributed by atoms with Crippen molar-refractivity contribution in [2.24, 2.45) is 0 Å². The molecular formula is C50H30N4O. The van der Waals surface area contributed by atoms with E-state index in [1.165, 1.54) is 27.1 Å². The summed E-state index contributed by atoms with van der Waals surface area (Å²) in [4.78, 5) is 10.4. The monoisotopic (exact) mass is 702 g/mol. The topological polar surface area (TPSA) is 48.8 Å². The number of aromatic nitrogens is 4. The number of nitrogens with zero attached hydrogens (tertiary/aromatic N) is 4. The summed E-state index contributed by atoms with van der Waals surface area (Å²) in [7, 11) is 0. The lowest BCUT2D eigenvalue weighted by molar-refractivity contribution is 0.669. The zero-order chi connectivity index (χ0) is 36.0. The standard InChI is InChI=1S/C50H30N4O/c1-2-13-31(14-3-1)49-50(52-40-21-8-7-20-39(40)51-49)32-15-12-16-33(29-32)53-41-22-9-4-18-36(41)47-43(53)26-27-44-48(47)37-19-5-10-23-42(37)54(44)34-25-28-46-38(30-34)35-17-6-11-24-45(35)55-46/h1-30H. The first-order chi connectivity index (χ1) is 27.3. The minimum atomic E-state index is 0.861. The number of hydrogen-bond acceptors (Lipinski definition) is 3. The van der Waals surface area contributed by atoms with Crippen LogP contribution in [0.2, 0.25) is 0 Å². The summed E-state index contributed by atoms with van der Waals surface area (Å²) < 4.78 is 11.0. The van der Waals surface area contributed by atoms with Crippen LogP contribution in [-0.2, 0) is 0 Å². The minimum absolute atomic E-state index is 0.861. The highest BCUT2D eigenvalue weighted by atomic mass is 16.3. The third-order valence-corrected chi connectivity index (χ3v) is 11.1. The molecule has 0 saturated heterocycles. The Morgan fingerprint density at radius 1 is 0.345 bits per heavy atom. The second-order valence-corrected chi connectivity index (χ2v) is 14.2. The largest absolute Gasteiger partial charge is 0.456 e. The molecule has 0 aliphatic rings. The Bertz CT molecular complexity index is 3500. The van der Waals surface area contributed by atoms with Gasteiger partial charge in [0.15, 0.2) is 0 Å². The van der Waals surface area contributed by atoms with E-state index in [1.54, 1.807) is 0 Å². The SMILES string of the molecule is c1ccc(-c2nc3ccccc3nc2-c2cccc(-n3c4ccccc4c4c5c6ccccc6n(-c6ccc7oc8ccccc8c7c6)c5ccc43)c2)cc1. The van der Waals surface area contributed by atoms with Crippen molar-refractivity contribution in [1.82, 2.24) is 19.1 Å². The molecule has 0 bridgehead atoms. The van der Waals surface area contributed by atoms with Crippen molar-refractivity contribution < 1.29 is 4.42 Å². The van der Waals surface area contributed by atoms with Crippen LogP contribution < -0.4 is 0 Å². The Kier molecular flexibility index (Phi) is 6.27. The molecule has 256 valence electrons. The first kappa shape index (κ1) is 30.0. The predicted octanol–water partition coefficient (Wildman–Crippen LogP) is 13.1. The van der Waals surface area contributed by atoms with E-state index in [-0.39, 0.29) is 0 Å². The fourth-order valence-electron chi connectivity index (χ4n) is 8.72. The molecule has 0 spiro atoms. The molecule has 0 aliphatic heterocycles. The van der Waals surface area contributed by atoms with Gasteiger partial charge in [-0.15, -0.1) is 0 Å². The summed E-state index contributed by atoms with van der Waals surface area (Å²) in [6.07, 6.45) is 0. The third-order valence-electron chi connectivity index (χ3n) is 11.1. The number of para-hydroxylation sites is 5. The van der Waals surface area contributed by atoms with Crippen LogP contribution in [0.3, 0.4) is 0 Å². The Labute approximate surface area is 315 Å². The van der Waals surface area contributed by atoms with Crippen molar-refractivity contribution in [3.63, 3.8) is 0 Å². The van der Waals surface area contributed by atoms with Gasteiger partial charge in [0.05, 0.1) is 44.5 Å². The molecule has 0 amide bonds. The van der Waals surface area contributed by atoms with Gasteiger partial charge in [0.2, 0.25) is 0 Å². The molecule has 8 aromatic carbocycles. The van der Waals surface area contributed by atoms with Crippen molar-refractivity contribution in [2.45, 2.75) is 0 Å². The molecule has 12 aromatic rings. The first-order valence-electron chi connectivity index (χ1n) is 18.6. The van der Waals surface area contributed by atoms with Crippen LogP contribution >= 0.6 is 0 Å². The van der Waals surface area contributed by atoms with Crippen LogP contribution in [0.5, 0.6) is 0 Å². The van der Waals surface area contributed by atoms with Gasteiger partial charge in [-0.25, -0.2) is 9.97 Å². The van der Waals surface area contributed by atoms with Gasteiger partial charge in [0.1, 0.15) is 11.2 Å². The maximum absolute atomic E-state index is 6.22. The Balaban J connectivity index is 1.11. The molecule has 0 aliphatic carbocycles. The van der Waals surface area contributed by atoms with Gasteiger partial charge in [-0.3, -0.25) is 0 Å². The summed E-state index contributed by atoms with van der Waals surface area (Å²) in [5.74, 6) is 0. The van der Waals surface area contributed by atoms with Crippen molar-refractivity contribution >= 4 is 76.6 Å². The van der Waals surface area contributed by atoms with Crippen molar-refractivity contribution in [2.75, 3.05) is 0 Å². The molecular weight excluding hydrogens is 673 g/mol. The molecule has 5 heteroatoms. The summed E-state index contributed by atoms with van der Waals surface area (Å²) >= 11 is 0. The first-order valence-corrected chi connectivity index (χ1v) is 18.6. The zero-order valence-corrected chi connectivity index (χ0v) is 29.5. The lowest BCUT2D eigenvalue weighted by Gasteiger charge is -2.13. The molecule has 5 nitrogen and oxygen atoms in total. The molecule has 0 N–H and O–H groups in total. The smallest absolute Gasteiger partial charge is 0.135 e. The van der Waals surface area contributed by atoms with Crippen LogP contribution in [0.25, 0.3) is 110 Å². The van der Waals surface area contributed by atoms with Gasteiger partial charge in [-0.1, -0.05) is 109 Å². The summed E-state index contributed by atoms with van der Waals surface area (Å²) in [5.41, 5.74) is 14.1. The molecule has 0 saturated carbocycles. The molecule has 12 rings (SSSR count). The van der Waals surface area contributed by atoms with E-state index in [1.807, 2.05) is 42.5 Å². The fraction of sp³-hybridized carbons (Fsp3) is 0. The maximum Gasteiger partial charge on any atom is 0.135 e. The van der Waals surface area contributed by atoms with E-state index < -0.39 is 0 Å². The Morgan fingerprint density at radius 3 is 1.56 bits per heavy atom. The van der Waals surface area contributed by atoms with Gasteiger partial charge in [0, 0.05) is 54.8 Å². The number of rotatable bonds is 4. The predicted molar refractivity (Wildman–Crippen MR) is 226 cm³/mol. The van der Waals surface area contributed by atoms with E-state index in [0.717, 1.165) is 83.4 Å². The minimum Gasteiger partial charge on any atom is -0.456 e. The average molecular weight is 703 g/mol. The second kappa shape index (κ2) is 11.5. The van der Waals surface area contributed by atoms with E-state index >= 15 is 0 Å². The quantitative estimate of drug-likeness (QED) is 0.183. The third kappa shape index (κ3) is 4.41. The fourth-order valence-corrected chi connectivity index (χ4v) is 8.72. The molecule has 0 unspecified atom stereocenters. The molecule has 55 heavy (non-hydrogen) atoms. The molecule has 4 heterocycles.